The van der Waals surface area contributed by atoms with Crippen molar-refractivity contribution in [2.45, 2.75) is 13.0 Å². The Morgan fingerprint density at radius 3 is 2.69 bits per heavy atom. The predicted molar refractivity (Wildman–Crippen MR) is 130 cm³/mol. The molecule has 5 N–H and O–H groups in total. The number of alkyl halides is 2. The van der Waals surface area contributed by atoms with Crippen LogP contribution in [0.2, 0.25) is 10.0 Å². The first kappa shape index (κ1) is 25.2. The van der Waals surface area contributed by atoms with Gasteiger partial charge in [-0.1, -0.05) is 29.3 Å². The monoisotopic (exact) mass is 537 g/mol. The van der Waals surface area contributed by atoms with Gasteiger partial charge in [0, 0.05) is 19.8 Å². The second kappa shape index (κ2) is 10.4. The molecule has 4 aromatic rings. The highest BCUT2D eigenvalue weighted by atomic mass is 35.5. The van der Waals surface area contributed by atoms with Crippen molar-refractivity contribution >= 4 is 57.8 Å². The zero-order chi connectivity index (χ0) is 26.0. The molecule has 0 saturated carbocycles. The second-order valence-corrected chi connectivity index (χ2v) is 8.36. The number of rotatable bonds is 9. The van der Waals surface area contributed by atoms with Gasteiger partial charge >= 0.3 is 0 Å². The molecule has 10 nitrogen and oxygen atoms in total. The number of halogens is 4. The minimum atomic E-state index is -2.77. The Bertz CT molecular complexity index is 1460. The fourth-order valence-corrected chi connectivity index (χ4v) is 3.87. The molecule has 0 fully saturated rings. The zero-order valence-electron chi connectivity index (χ0n) is 18.6. The molecule has 0 atom stereocenters. The number of aryl methyl sites for hydroxylation is 1. The molecule has 0 unspecified atom stereocenters. The van der Waals surface area contributed by atoms with Crippen LogP contribution < -0.4 is 21.1 Å². The highest BCUT2D eigenvalue weighted by molar-refractivity contribution is 6.39. The van der Waals surface area contributed by atoms with Gasteiger partial charge in [-0.3, -0.25) is 9.59 Å². The van der Waals surface area contributed by atoms with Crippen molar-refractivity contribution in [1.29, 1.82) is 0 Å². The number of hydrogen-bond acceptors (Lipinski definition) is 6. The van der Waals surface area contributed by atoms with Crippen molar-refractivity contribution in [1.82, 2.24) is 24.8 Å². The molecule has 0 bridgehead atoms. The van der Waals surface area contributed by atoms with Gasteiger partial charge in [-0.15, -0.1) is 0 Å². The average molecular weight is 538 g/mol. The van der Waals surface area contributed by atoms with E-state index >= 15 is 0 Å². The standard InChI is InChI=1S/C22H19Cl2F2N7O3/c1-33-6-2-3-14(33)20(35)28-8-10-4-5-12(23)17(16(10)24)30-22-29-13-7-11(18(27)34)21(31-19(13)32-22)36-9-15(25)26/h2-7,15H,8-9H2,1H3,(H2,27,34)(H,28,35)(H2,29,30,31,32). The summed E-state index contributed by atoms with van der Waals surface area (Å²) in [7, 11) is 1.76. The molecule has 0 spiro atoms. The summed E-state index contributed by atoms with van der Waals surface area (Å²) in [4.78, 5) is 35.3. The van der Waals surface area contributed by atoms with Crippen LogP contribution in [0.25, 0.3) is 11.2 Å². The molecule has 3 aromatic heterocycles. The Kier molecular flexibility index (Phi) is 7.27. The van der Waals surface area contributed by atoms with Crippen LogP contribution >= 0.6 is 23.2 Å². The van der Waals surface area contributed by atoms with Gasteiger partial charge in [-0.2, -0.15) is 9.97 Å². The number of pyridine rings is 1. The minimum Gasteiger partial charge on any atom is -0.471 e. The summed E-state index contributed by atoms with van der Waals surface area (Å²) < 4.78 is 31.7. The molecule has 14 heteroatoms. The first-order valence-electron chi connectivity index (χ1n) is 10.4. The number of nitrogens with zero attached hydrogens (tertiary/aromatic N) is 3. The van der Waals surface area contributed by atoms with Gasteiger partial charge < -0.3 is 30.7 Å². The largest absolute Gasteiger partial charge is 0.471 e. The Morgan fingerprint density at radius 1 is 1.25 bits per heavy atom. The highest BCUT2D eigenvalue weighted by Gasteiger charge is 2.19. The number of aromatic nitrogens is 4. The number of hydrogen-bond donors (Lipinski definition) is 4. The lowest BCUT2D eigenvalue weighted by atomic mass is 10.2. The number of anilines is 2. The molecular formula is C22H19Cl2F2N7O3. The molecule has 0 aliphatic rings. The Morgan fingerprint density at radius 2 is 2.03 bits per heavy atom. The van der Waals surface area contributed by atoms with E-state index in [1.54, 1.807) is 42.1 Å². The van der Waals surface area contributed by atoms with Crippen molar-refractivity contribution in [3.05, 3.63) is 63.4 Å². The molecule has 188 valence electrons. The van der Waals surface area contributed by atoms with E-state index in [1.807, 2.05) is 0 Å². The van der Waals surface area contributed by atoms with Gasteiger partial charge in [-0.05, 0) is 29.8 Å². The van der Waals surface area contributed by atoms with Crippen LogP contribution in [0.4, 0.5) is 20.4 Å². The number of fused-ring (bicyclic) bond motifs is 1. The average Bonchev–Trinajstić information content (AvgIpc) is 3.43. The summed E-state index contributed by atoms with van der Waals surface area (Å²) in [5.74, 6) is -1.40. The number of ether oxygens (including phenoxy) is 1. The summed E-state index contributed by atoms with van der Waals surface area (Å²) in [5, 5.41) is 6.25. The Labute approximate surface area is 212 Å². The minimum absolute atomic E-state index is 0.0741. The van der Waals surface area contributed by atoms with Gasteiger partial charge in [0.15, 0.2) is 12.3 Å². The SMILES string of the molecule is Cn1cccc1C(=O)NCc1ccc(Cl)c(Nc2nc3nc(OCC(F)F)c(C(N)=O)cc3[nH]2)c1Cl. The lowest BCUT2D eigenvalue weighted by Crippen LogP contribution is -2.25. The lowest BCUT2D eigenvalue weighted by Gasteiger charge is -2.13. The van der Waals surface area contributed by atoms with E-state index in [-0.39, 0.29) is 51.1 Å². The molecule has 0 saturated heterocycles. The van der Waals surface area contributed by atoms with E-state index in [9.17, 15) is 18.4 Å². The number of amides is 2. The van der Waals surface area contributed by atoms with E-state index in [4.69, 9.17) is 33.7 Å². The molecule has 1 aromatic carbocycles. The molecular weight excluding hydrogens is 519 g/mol. The number of nitrogens with two attached hydrogens (primary N) is 1. The Balaban J connectivity index is 1.58. The quantitative estimate of drug-likeness (QED) is 0.254. The fraction of sp³-hybridized carbons (Fsp3) is 0.182. The van der Waals surface area contributed by atoms with E-state index in [2.05, 4.69) is 25.6 Å². The van der Waals surface area contributed by atoms with Crippen LogP contribution in [0, 0.1) is 0 Å². The summed E-state index contributed by atoms with van der Waals surface area (Å²) >= 11 is 12.9. The first-order chi connectivity index (χ1) is 17.1. The number of aromatic amines is 1. The summed E-state index contributed by atoms with van der Waals surface area (Å²) in [6.45, 7) is -0.837. The van der Waals surface area contributed by atoms with Crippen LogP contribution in [0.3, 0.4) is 0 Å². The topological polar surface area (TPSA) is 140 Å². The number of benzene rings is 1. The highest BCUT2D eigenvalue weighted by Crippen LogP contribution is 2.35. The van der Waals surface area contributed by atoms with Crippen molar-refractivity contribution in [3.63, 3.8) is 0 Å². The van der Waals surface area contributed by atoms with Crippen LogP contribution in [0.1, 0.15) is 26.4 Å². The third-order valence-electron chi connectivity index (χ3n) is 5.08. The second-order valence-electron chi connectivity index (χ2n) is 7.57. The maximum absolute atomic E-state index is 12.6. The number of imidazole rings is 1. The number of carbonyl (C=O) groups is 2. The fourth-order valence-electron chi connectivity index (χ4n) is 3.34. The predicted octanol–water partition coefficient (Wildman–Crippen LogP) is 4.02. The third-order valence-corrected chi connectivity index (χ3v) is 5.83. The molecule has 0 radical (unpaired) electrons. The van der Waals surface area contributed by atoms with E-state index in [0.29, 0.717) is 16.9 Å². The zero-order valence-corrected chi connectivity index (χ0v) is 20.1. The van der Waals surface area contributed by atoms with E-state index in [1.165, 1.54) is 6.07 Å². The van der Waals surface area contributed by atoms with Crippen LogP contribution in [0.15, 0.2) is 36.5 Å². The van der Waals surface area contributed by atoms with Gasteiger partial charge in [0.25, 0.3) is 18.2 Å². The van der Waals surface area contributed by atoms with Crippen molar-refractivity contribution in [3.8, 4) is 5.88 Å². The molecule has 3 heterocycles. The maximum Gasteiger partial charge on any atom is 0.272 e. The third kappa shape index (κ3) is 5.34. The van der Waals surface area contributed by atoms with Crippen LogP contribution in [-0.2, 0) is 13.6 Å². The summed E-state index contributed by atoms with van der Waals surface area (Å²) in [6.07, 6.45) is -1.01. The van der Waals surface area contributed by atoms with E-state index in [0.717, 1.165) is 0 Å². The van der Waals surface area contributed by atoms with Gasteiger partial charge in [0.05, 0.1) is 21.2 Å². The molecule has 0 aliphatic heterocycles. The number of primary amides is 1. The number of nitrogens with one attached hydrogen (secondary N) is 3. The van der Waals surface area contributed by atoms with Gasteiger partial charge in [0.1, 0.15) is 11.3 Å². The first-order valence-corrected chi connectivity index (χ1v) is 11.1. The van der Waals surface area contributed by atoms with Gasteiger partial charge in [-0.25, -0.2) is 8.78 Å². The van der Waals surface area contributed by atoms with Crippen LogP contribution in [-0.4, -0.2) is 44.4 Å². The van der Waals surface area contributed by atoms with Crippen LogP contribution in [0.5, 0.6) is 5.88 Å². The molecule has 2 amide bonds. The smallest absolute Gasteiger partial charge is 0.272 e. The summed E-state index contributed by atoms with van der Waals surface area (Å²) in [6, 6.07) is 8.02. The summed E-state index contributed by atoms with van der Waals surface area (Å²) in [5.41, 5.74) is 6.86. The van der Waals surface area contributed by atoms with Crippen molar-refractivity contribution in [2.24, 2.45) is 12.8 Å². The molecule has 4 rings (SSSR count). The van der Waals surface area contributed by atoms with E-state index < -0.39 is 18.9 Å². The normalized spacial score (nSPS) is 11.2. The Hall–Kier alpha value is -3.90. The number of H-pyrrole nitrogens is 1. The lowest BCUT2D eigenvalue weighted by molar-refractivity contribution is 0.0780. The van der Waals surface area contributed by atoms with Gasteiger partial charge in [0.2, 0.25) is 11.8 Å². The maximum atomic E-state index is 12.6. The van der Waals surface area contributed by atoms with Crippen molar-refractivity contribution < 1.29 is 23.1 Å². The molecule has 36 heavy (non-hydrogen) atoms. The number of carbonyl (C=O) groups excluding carboxylic acids is 2. The van der Waals surface area contributed by atoms with Crippen molar-refractivity contribution in [2.75, 3.05) is 11.9 Å². The molecule has 0 aliphatic carbocycles.